The number of hydrogen-bond donors (Lipinski definition) is 2. The Morgan fingerprint density at radius 1 is 1.09 bits per heavy atom. The fourth-order valence-corrected chi connectivity index (χ4v) is 2.57. The Balaban J connectivity index is 2.22. The Bertz CT molecular complexity index is 696. The first kappa shape index (κ1) is 17.0. The number of aliphatic carboxylic acids is 1. The Kier molecular flexibility index (Phi) is 5.74. The van der Waals surface area contributed by atoms with E-state index in [-0.39, 0.29) is 18.2 Å². The van der Waals surface area contributed by atoms with E-state index in [2.05, 4.69) is 5.32 Å². The predicted molar refractivity (Wildman–Crippen MR) is 91.2 cm³/mol. The molecule has 4 heteroatoms. The number of benzene rings is 2. The molecule has 0 aliphatic carbocycles. The molecule has 2 aromatic rings. The molecule has 122 valence electrons. The molecule has 0 fully saturated rings. The van der Waals surface area contributed by atoms with Gasteiger partial charge in [0.2, 0.25) is 5.91 Å². The maximum atomic E-state index is 12.1. The first-order chi connectivity index (χ1) is 11.0. The molecule has 0 saturated heterocycles. The van der Waals surface area contributed by atoms with Crippen molar-refractivity contribution in [1.29, 1.82) is 0 Å². The average molecular weight is 313 g/mol. The molecule has 0 bridgehead atoms. The van der Waals surface area contributed by atoms with E-state index in [1.54, 1.807) is 0 Å². The zero-order valence-electron chi connectivity index (χ0n) is 13.6. The lowest BCUT2D eigenvalue weighted by molar-refractivity contribution is -0.137. The molecule has 0 aromatic heterocycles. The van der Waals surface area contributed by atoms with Crippen LogP contribution in [-0.2, 0) is 9.59 Å². The summed E-state index contributed by atoms with van der Waals surface area (Å²) in [5, 5.41) is 14.2. The van der Waals surface area contributed by atoms with Crippen molar-refractivity contribution >= 4 is 22.6 Å². The van der Waals surface area contributed by atoms with Crippen LogP contribution in [0.2, 0.25) is 0 Å². The summed E-state index contributed by atoms with van der Waals surface area (Å²) in [5.74, 6) is -0.733. The first-order valence-electron chi connectivity index (χ1n) is 7.99. The van der Waals surface area contributed by atoms with Crippen molar-refractivity contribution in [2.45, 2.75) is 39.2 Å². The van der Waals surface area contributed by atoms with Gasteiger partial charge in [0.15, 0.2) is 0 Å². The van der Waals surface area contributed by atoms with Crippen LogP contribution in [0.5, 0.6) is 0 Å². The zero-order chi connectivity index (χ0) is 16.8. The minimum Gasteiger partial charge on any atom is -0.481 e. The summed E-state index contributed by atoms with van der Waals surface area (Å²) in [4.78, 5) is 23.3. The van der Waals surface area contributed by atoms with E-state index < -0.39 is 12.0 Å². The van der Waals surface area contributed by atoms with Crippen molar-refractivity contribution in [2.75, 3.05) is 0 Å². The molecule has 2 atom stereocenters. The van der Waals surface area contributed by atoms with Crippen LogP contribution in [-0.4, -0.2) is 17.0 Å². The molecule has 0 saturated carbocycles. The van der Waals surface area contributed by atoms with Crippen molar-refractivity contribution in [1.82, 2.24) is 5.32 Å². The van der Waals surface area contributed by atoms with E-state index in [0.717, 1.165) is 22.8 Å². The first-order valence-corrected chi connectivity index (χ1v) is 7.99. The van der Waals surface area contributed by atoms with Gasteiger partial charge in [-0.25, -0.2) is 0 Å². The summed E-state index contributed by atoms with van der Waals surface area (Å²) in [6.45, 7) is 4.05. The summed E-state index contributed by atoms with van der Waals surface area (Å²) < 4.78 is 0. The van der Waals surface area contributed by atoms with Gasteiger partial charge in [-0.2, -0.15) is 0 Å². The fourth-order valence-electron chi connectivity index (χ4n) is 2.57. The predicted octanol–water partition coefficient (Wildman–Crippen LogP) is 3.91. The van der Waals surface area contributed by atoms with Gasteiger partial charge in [0.1, 0.15) is 0 Å². The fraction of sp³-hybridized carbons (Fsp3) is 0.368. The van der Waals surface area contributed by atoms with E-state index in [4.69, 9.17) is 5.11 Å². The topological polar surface area (TPSA) is 66.4 Å². The van der Waals surface area contributed by atoms with Gasteiger partial charge in [0.05, 0.1) is 12.5 Å². The maximum absolute atomic E-state index is 12.1. The Labute approximate surface area is 136 Å². The van der Waals surface area contributed by atoms with E-state index in [0.29, 0.717) is 6.42 Å². The number of carbonyl (C=O) groups excluding carboxylic acids is 1. The second kappa shape index (κ2) is 7.77. The normalized spacial score (nSPS) is 13.5. The minimum absolute atomic E-state index is 0.0984. The summed E-state index contributed by atoms with van der Waals surface area (Å²) in [7, 11) is 0. The number of hydrogen-bond acceptors (Lipinski definition) is 2. The number of amides is 1. The van der Waals surface area contributed by atoms with Crippen molar-refractivity contribution in [3.05, 3.63) is 48.0 Å². The molecule has 2 N–H and O–H groups in total. The molecule has 0 aliphatic heterocycles. The summed E-state index contributed by atoms with van der Waals surface area (Å²) in [6.07, 6.45) is 1.22. The summed E-state index contributed by atoms with van der Waals surface area (Å²) >= 11 is 0. The molecule has 4 nitrogen and oxygen atoms in total. The van der Waals surface area contributed by atoms with Gasteiger partial charge in [0, 0.05) is 6.42 Å². The van der Waals surface area contributed by atoms with Crippen molar-refractivity contribution < 1.29 is 14.7 Å². The van der Waals surface area contributed by atoms with Crippen LogP contribution in [0, 0.1) is 5.92 Å². The van der Waals surface area contributed by atoms with E-state index >= 15 is 0 Å². The highest BCUT2D eigenvalue weighted by atomic mass is 16.4. The number of fused-ring (bicyclic) bond motifs is 1. The van der Waals surface area contributed by atoms with Crippen LogP contribution in [0.4, 0.5) is 0 Å². The lowest BCUT2D eigenvalue weighted by Gasteiger charge is -2.19. The molecule has 0 spiro atoms. The number of carboxylic acid groups (broad SMARTS) is 1. The number of rotatable bonds is 7. The molecular formula is C19H23NO3. The van der Waals surface area contributed by atoms with Crippen molar-refractivity contribution in [2.24, 2.45) is 5.92 Å². The smallest absolute Gasteiger partial charge is 0.305 e. The molecule has 23 heavy (non-hydrogen) atoms. The molecule has 0 radical (unpaired) electrons. The molecule has 0 aliphatic rings. The SMILES string of the molecule is CCC(C)CC(=O)N[C@@H](CC(=O)O)c1ccc2ccccc2c1. The van der Waals surface area contributed by atoms with Gasteiger partial charge in [-0.05, 0) is 28.3 Å². The van der Waals surface area contributed by atoms with E-state index in [9.17, 15) is 9.59 Å². The third kappa shape index (κ3) is 4.81. The Morgan fingerprint density at radius 2 is 1.78 bits per heavy atom. The van der Waals surface area contributed by atoms with Crippen LogP contribution >= 0.6 is 0 Å². The van der Waals surface area contributed by atoms with Crippen LogP contribution < -0.4 is 5.32 Å². The average Bonchev–Trinajstić information content (AvgIpc) is 2.53. The van der Waals surface area contributed by atoms with Crippen LogP contribution in [0.1, 0.15) is 44.7 Å². The summed E-state index contributed by atoms with van der Waals surface area (Å²) in [5.41, 5.74) is 0.823. The van der Waals surface area contributed by atoms with Crippen molar-refractivity contribution in [3.63, 3.8) is 0 Å². The van der Waals surface area contributed by atoms with Crippen LogP contribution in [0.3, 0.4) is 0 Å². The second-order valence-electron chi connectivity index (χ2n) is 6.04. The maximum Gasteiger partial charge on any atom is 0.305 e. The lowest BCUT2D eigenvalue weighted by Crippen LogP contribution is -2.31. The van der Waals surface area contributed by atoms with Crippen LogP contribution in [0.25, 0.3) is 10.8 Å². The second-order valence-corrected chi connectivity index (χ2v) is 6.04. The van der Waals surface area contributed by atoms with Gasteiger partial charge >= 0.3 is 5.97 Å². The largest absolute Gasteiger partial charge is 0.481 e. The molecule has 0 heterocycles. The quantitative estimate of drug-likeness (QED) is 0.814. The highest BCUT2D eigenvalue weighted by Gasteiger charge is 2.19. The minimum atomic E-state index is -0.924. The highest BCUT2D eigenvalue weighted by molar-refractivity contribution is 5.84. The third-order valence-corrected chi connectivity index (χ3v) is 4.12. The van der Waals surface area contributed by atoms with E-state index in [1.807, 2.05) is 56.3 Å². The standard InChI is InChI=1S/C19H23NO3/c1-3-13(2)10-18(21)20-17(12-19(22)23)16-9-8-14-6-4-5-7-15(14)11-16/h4-9,11,13,17H,3,10,12H2,1-2H3,(H,20,21)(H,22,23)/t13?,17-/m0/s1. The van der Waals surface area contributed by atoms with Gasteiger partial charge in [-0.3, -0.25) is 9.59 Å². The third-order valence-electron chi connectivity index (χ3n) is 4.12. The van der Waals surface area contributed by atoms with Crippen LogP contribution in [0.15, 0.2) is 42.5 Å². The summed E-state index contributed by atoms with van der Waals surface area (Å²) in [6, 6.07) is 13.2. The monoisotopic (exact) mass is 313 g/mol. The Morgan fingerprint density at radius 3 is 2.43 bits per heavy atom. The van der Waals surface area contributed by atoms with Gasteiger partial charge in [0.25, 0.3) is 0 Å². The highest BCUT2D eigenvalue weighted by Crippen LogP contribution is 2.23. The number of carboxylic acids is 1. The van der Waals surface area contributed by atoms with Crippen molar-refractivity contribution in [3.8, 4) is 0 Å². The Hall–Kier alpha value is -2.36. The van der Waals surface area contributed by atoms with Gasteiger partial charge in [-0.1, -0.05) is 56.7 Å². The van der Waals surface area contributed by atoms with Gasteiger partial charge < -0.3 is 10.4 Å². The van der Waals surface area contributed by atoms with E-state index in [1.165, 1.54) is 0 Å². The number of carbonyl (C=O) groups is 2. The molecule has 1 unspecified atom stereocenters. The molecule has 1 amide bonds. The molecular weight excluding hydrogens is 290 g/mol. The van der Waals surface area contributed by atoms with Gasteiger partial charge in [-0.15, -0.1) is 0 Å². The number of nitrogens with one attached hydrogen (secondary N) is 1. The molecule has 2 rings (SSSR count). The lowest BCUT2D eigenvalue weighted by atomic mass is 9.98. The molecule has 2 aromatic carbocycles. The zero-order valence-corrected chi connectivity index (χ0v) is 13.6.